The first-order valence-corrected chi connectivity index (χ1v) is 8.40. The smallest absolute Gasteiger partial charge is 0.275 e. The number of nitrogens with one attached hydrogen (secondary N) is 1. The molecule has 3 rings (SSSR count). The average molecular weight is 373 g/mol. The third kappa shape index (κ3) is 3.57. The molecule has 9 heteroatoms. The maximum Gasteiger partial charge on any atom is 0.275 e. The number of halogens is 2. The fourth-order valence-electron chi connectivity index (χ4n) is 2.36. The van der Waals surface area contributed by atoms with Crippen LogP contribution < -0.4 is 5.32 Å². The molecule has 2 aromatic rings. The number of amides is 1. The highest BCUT2D eigenvalue weighted by Gasteiger charge is 2.36. The van der Waals surface area contributed by atoms with Gasteiger partial charge < -0.3 is 20.3 Å². The fourth-order valence-corrected chi connectivity index (χ4v) is 3.39. The van der Waals surface area contributed by atoms with Gasteiger partial charge in [0.05, 0.1) is 17.7 Å². The lowest BCUT2D eigenvalue weighted by Gasteiger charge is -2.09. The number of carbonyl (C=O) groups excluding carboxylic acids is 1. The third-order valence-corrected chi connectivity index (χ3v) is 4.84. The molecule has 1 aliphatic rings. The third-order valence-electron chi connectivity index (χ3n) is 3.61. The summed E-state index contributed by atoms with van der Waals surface area (Å²) in [7, 11) is 0. The fraction of sp³-hybridized carbons (Fsp3) is 0.333. The molecule has 3 N–H and O–H groups in total. The van der Waals surface area contributed by atoms with E-state index in [0.29, 0.717) is 17.1 Å². The van der Waals surface area contributed by atoms with Crippen molar-refractivity contribution < 1.29 is 24.1 Å². The zero-order chi connectivity index (χ0) is 17.3. The average Bonchev–Trinajstić information content (AvgIpc) is 3.17. The van der Waals surface area contributed by atoms with Gasteiger partial charge in [-0.2, -0.15) is 0 Å². The number of anilines is 1. The predicted octanol–water partition coefficient (Wildman–Crippen LogP) is 2.37. The van der Waals surface area contributed by atoms with Crippen molar-refractivity contribution >= 4 is 34.5 Å². The van der Waals surface area contributed by atoms with Gasteiger partial charge >= 0.3 is 0 Å². The van der Waals surface area contributed by atoms with Crippen molar-refractivity contribution in [3.05, 3.63) is 45.1 Å². The maximum atomic E-state index is 13.1. The highest BCUT2D eigenvalue weighted by atomic mass is 35.5. The monoisotopic (exact) mass is 372 g/mol. The van der Waals surface area contributed by atoms with Crippen LogP contribution in [0.1, 0.15) is 28.0 Å². The Bertz CT molecular complexity index is 757. The van der Waals surface area contributed by atoms with Crippen LogP contribution in [0.15, 0.2) is 23.6 Å². The Morgan fingerprint density at radius 2 is 2.33 bits per heavy atom. The van der Waals surface area contributed by atoms with Gasteiger partial charge in [-0.25, -0.2) is 9.37 Å². The van der Waals surface area contributed by atoms with Crippen molar-refractivity contribution in [2.24, 2.45) is 0 Å². The Morgan fingerprint density at radius 3 is 3.00 bits per heavy atom. The molecule has 0 unspecified atom stereocenters. The summed E-state index contributed by atoms with van der Waals surface area (Å²) in [5.41, 5.74) is 0.537. The standard InChI is InChI=1S/C15H14ClFN2O4S/c16-8-3-7(1-2-9(8)17)18-14(22)10-6-24-15(19-10)12-4-11(21)13(5-20)23-12/h1-3,6,11-13,20-21H,4-5H2,(H,18,22)/t11-,12-,13+/m0/s1. The number of aliphatic hydroxyl groups is 2. The van der Waals surface area contributed by atoms with E-state index in [2.05, 4.69) is 10.3 Å². The second kappa shape index (κ2) is 7.12. The first-order chi connectivity index (χ1) is 11.5. The molecule has 1 aromatic heterocycles. The van der Waals surface area contributed by atoms with Crippen LogP contribution >= 0.6 is 22.9 Å². The van der Waals surface area contributed by atoms with Gasteiger partial charge in [0.1, 0.15) is 28.7 Å². The zero-order valence-corrected chi connectivity index (χ0v) is 13.9. The molecule has 2 heterocycles. The SMILES string of the molecule is O=C(Nc1ccc(F)c(Cl)c1)c1csc([C@@H]2C[C@H](O)[C@@H](CO)O2)n1. The number of carbonyl (C=O) groups is 1. The number of hydrogen-bond acceptors (Lipinski definition) is 6. The number of aliphatic hydroxyl groups excluding tert-OH is 2. The number of aromatic nitrogens is 1. The lowest BCUT2D eigenvalue weighted by atomic mass is 10.1. The van der Waals surface area contributed by atoms with Crippen LogP contribution in [0.25, 0.3) is 0 Å². The number of benzene rings is 1. The van der Waals surface area contributed by atoms with Crippen molar-refractivity contribution in [2.75, 3.05) is 11.9 Å². The van der Waals surface area contributed by atoms with E-state index >= 15 is 0 Å². The molecule has 128 valence electrons. The van der Waals surface area contributed by atoms with Gasteiger partial charge in [-0.15, -0.1) is 11.3 Å². The van der Waals surface area contributed by atoms with Crippen LogP contribution in [0.3, 0.4) is 0 Å². The van der Waals surface area contributed by atoms with Crippen LogP contribution in [0, 0.1) is 5.82 Å². The van der Waals surface area contributed by atoms with Crippen LogP contribution in [-0.4, -0.2) is 39.9 Å². The first kappa shape index (κ1) is 17.2. The summed E-state index contributed by atoms with van der Waals surface area (Å²) < 4.78 is 18.6. The van der Waals surface area contributed by atoms with E-state index in [-0.39, 0.29) is 17.3 Å². The molecule has 0 saturated carbocycles. The second-order valence-electron chi connectivity index (χ2n) is 5.30. The minimum Gasteiger partial charge on any atom is -0.394 e. The Kier molecular flexibility index (Phi) is 5.12. The molecule has 1 aliphatic heterocycles. The van der Waals surface area contributed by atoms with E-state index in [1.165, 1.54) is 23.5 Å². The van der Waals surface area contributed by atoms with E-state index in [9.17, 15) is 14.3 Å². The van der Waals surface area contributed by atoms with Gasteiger partial charge in [0.15, 0.2) is 0 Å². The highest BCUT2D eigenvalue weighted by molar-refractivity contribution is 7.09. The van der Waals surface area contributed by atoms with Crippen molar-refractivity contribution in [1.82, 2.24) is 4.98 Å². The summed E-state index contributed by atoms with van der Waals surface area (Å²) in [6, 6.07) is 3.87. The van der Waals surface area contributed by atoms with Crippen LogP contribution in [0.4, 0.5) is 10.1 Å². The van der Waals surface area contributed by atoms with E-state index in [4.69, 9.17) is 21.4 Å². The van der Waals surface area contributed by atoms with Crippen molar-refractivity contribution in [3.8, 4) is 0 Å². The summed E-state index contributed by atoms with van der Waals surface area (Å²) in [6.45, 7) is -0.276. The van der Waals surface area contributed by atoms with Gasteiger partial charge in [-0.3, -0.25) is 4.79 Å². The molecule has 1 aromatic carbocycles. The van der Waals surface area contributed by atoms with Gasteiger partial charge in [0, 0.05) is 17.5 Å². The summed E-state index contributed by atoms with van der Waals surface area (Å²) in [5, 5.41) is 23.5. The minimum absolute atomic E-state index is 0.0878. The van der Waals surface area contributed by atoms with Crippen LogP contribution in [-0.2, 0) is 4.74 Å². The molecule has 0 bridgehead atoms. The van der Waals surface area contributed by atoms with Gasteiger partial charge in [-0.1, -0.05) is 11.6 Å². The maximum absolute atomic E-state index is 13.1. The molecule has 1 fully saturated rings. The normalized spacial score (nSPS) is 23.4. The molecule has 1 saturated heterocycles. The summed E-state index contributed by atoms with van der Waals surface area (Å²) in [4.78, 5) is 16.4. The van der Waals surface area contributed by atoms with Crippen LogP contribution in [0.5, 0.6) is 0 Å². The molecule has 0 radical (unpaired) electrons. The molecule has 1 amide bonds. The lowest BCUT2D eigenvalue weighted by molar-refractivity contribution is -0.0226. The number of ether oxygens (including phenoxy) is 1. The molecule has 6 nitrogen and oxygen atoms in total. The largest absolute Gasteiger partial charge is 0.394 e. The van der Waals surface area contributed by atoms with Gasteiger partial charge in [-0.05, 0) is 18.2 Å². The van der Waals surface area contributed by atoms with Crippen molar-refractivity contribution in [1.29, 1.82) is 0 Å². The number of rotatable bonds is 4. The summed E-state index contributed by atoms with van der Waals surface area (Å²) >= 11 is 6.90. The Balaban J connectivity index is 1.69. The van der Waals surface area contributed by atoms with Gasteiger partial charge in [0.25, 0.3) is 5.91 Å². The summed E-state index contributed by atoms with van der Waals surface area (Å²) in [6.07, 6.45) is -1.54. The minimum atomic E-state index is -0.762. The van der Waals surface area contributed by atoms with E-state index in [1.54, 1.807) is 5.38 Å². The lowest BCUT2D eigenvalue weighted by Crippen LogP contribution is -2.24. The number of thiazole rings is 1. The molecular formula is C15H14ClFN2O4S. The van der Waals surface area contributed by atoms with E-state index in [1.807, 2.05) is 0 Å². The van der Waals surface area contributed by atoms with Crippen molar-refractivity contribution in [2.45, 2.75) is 24.7 Å². The molecule has 3 atom stereocenters. The second-order valence-corrected chi connectivity index (χ2v) is 6.60. The quantitative estimate of drug-likeness (QED) is 0.766. The van der Waals surface area contributed by atoms with Crippen LogP contribution in [0.2, 0.25) is 5.02 Å². The first-order valence-electron chi connectivity index (χ1n) is 7.14. The Labute approximate surface area is 145 Å². The Morgan fingerprint density at radius 1 is 1.54 bits per heavy atom. The number of hydrogen-bond donors (Lipinski definition) is 3. The van der Waals surface area contributed by atoms with Crippen molar-refractivity contribution in [3.63, 3.8) is 0 Å². The molecule has 24 heavy (non-hydrogen) atoms. The molecular weight excluding hydrogens is 359 g/mol. The highest BCUT2D eigenvalue weighted by Crippen LogP contribution is 2.34. The number of nitrogens with zero attached hydrogens (tertiary/aromatic N) is 1. The predicted molar refractivity (Wildman–Crippen MR) is 86.8 cm³/mol. The molecule has 0 aliphatic carbocycles. The molecule has 0 spiro atoms. The topological polar surface area (TPSA) is 91.7 Å². The van der Waals surface area contributed by atoms with E-state index in [0.717, 1.165) is 6.07 Å². The Hall–Kier alpha value is -1.58. The zero-order valence-electron chi connectivity index (χ0n) is 12.3. The van der Waals surface area contributed by atoms with E-state index < -0.39 is 30.0 Å². The van der Waals surface area contributed by atoms with Gasteiger partial charge in [0.2, 0.25) is 0 Å². The summed E-state index contributed by atoms with van der Waals surface area (Å²) in [5.74, 6) is -1.03.